The fraction of sp³-hybridized carbons (Fsp3) is 0.550. The maximum Gasteiger partial charge on any atom is 0.416 e. The SMILES string of the molecule is O=C(CCCC(=O)N1C(=O)OC[C@@H]1C1CCCCC1)c1ccc(F)cc1. The number of imide groups is 1. The van der Waals surface area contributed by atoms with E-state index in [1.165, 1.54) is 35.6 Å². The second-order valence-corrected chi connectivity index (χ2v) is 7.09. The maximum absolute atomic E-state index is 12.9. The van der Waals surface area contributed by atoms with E-state index in [9.17, 15) is 18.8 Å². The number of nitrogens with zero attached hydrogens (tertiary/aromatic N) is 1. The van der Waals surface area contributed by atoms with Crippen molar-refractivity contribution in [2.75, 3.05) is 6.61 Å². The van der Waals surface area contributed by atoms with Gasteiger partial charge in [0.05, 0.1) is 6.04 Å². The molecule has 2 amide bonds. The lowest BCUT2D eigenvalue weighted by Crippen LogP contribution is -2.43. The number of carbonyl (C=O) groups is 3. The van der Waals surface area contributed by atoms with Crippen molar-refractivity contribution in [2.45, 2.75) is 57.4 Å². The predicted molar refractivity (Wildman–Crippen MR) is 93.1 cm³/mol. The summed E-state index contributed by atoms with van der Waals surface area (Å²) in [7, 11) is 0. The number of hydrogen-bond donors (Lipinski definition) is 0. The van der Waals surface area contributed by atoms with Crippen LogP contribution in [0.3, 0.4) is 0 Å². The average Bonchev–Trinajstić information content (AvgIpc) is 3.04. The van der Waals surface area contributed by atoms with E-state index in [-0.39, 0.29) is 37.2 Å². The normalized spacial score (nSPS) is 20.9. The minimum atomic E-state index is -0.560. The molecular weight excluding hydrogens is 337 g/mol. The molecular formula is C20H24FNO4. The standard InChI is InChI=1S/C20H24FNO4/c21-16-11-9-15(10-12-16)18(23)7-4-8-19(24)22-17(13-26-20(22)25)14-5-2-1-3-6-14/h9-12,14,17H,1-8,13H2/t17-/m1/s1. The topological polar surface area (TPSA) is 63.7 Å². The van der Waals surface area contributed by atoms with Crippen LogP contribution in [0.15, 0.2) is 24.3 Å². The highest BCUT2D eigenvalue weighted by Crippen LogP contribution is 2.32. The minimum Gasteiger partial charge on any atom is -0.447 e. The predicted octanol–water partition coefficient (Wildman–Crippen LogP) is 4.11. The Hall–Kier alpha value is -2.24. The fourth-order valence-electron chi connectivity index (χ4n) is 3.89. The molecule has 26 heavy (non-hydrogen) atoms. The van der Waals surface area contributed by atoms with Gasteiger partial charge in [-0.2, -0.15) is 0 Å². The lowest BCUT2D eigenvalue weighted by atomic mass is 9.83. The number of ketones is 1. The molecule has 1 heterocycles. The van der Waals surface area contributed by atoms with Crippen LogP contribution in [-0.4, -0.2) is 35.3 Å². The van der Waals surface area contributed by atoms with Gasteiger partial charge in [-0.05, 0) is 49.4 Å². The van der Waals surface area contributed by atoms with Crippen molar-refractivity contribution >= 4 is 17.8 Å². The summed E-state index contributed by atoms with van der Waals surface area (Å²) >= 11 is 0. The first kappa shape index (κ1) is 18.5. The van der Waals surface area contributed by atoms with E-state index in [0.717, 1.165) is 25.7 Å². The smallest absolute Gasteiger partial charge is 0.416 e. The highest BCUT2D eigenvalue weighted by atomic mass is 19.1. The molecule has 1 atom stereocenters. The molecule has 1 aliphatic carbocycles. The second kappa shape index (κ2) is 8.43. The minimum absolute atomic E-state index is 0.130. The Morgan fingerprint density at radius 3 is 2.46 bits per heavy atom. The van der Waals surface area contributed by atoms with E-state index in [2.05, 4.69) is 0 Å². The number of ether oxygens (including phenoxy) is 1. The summed E-state index contributed by atoms with van der Waals surface area (Å²) in [6.45, 7) is 0.281. The van der Waals surface area contributed by atoms with Crippen molar-refractivity contribution in [3.8, 4) is 0 Å². The van der Waals surface area contributed by atoms with Crippen LogP contribution in [0.1, 0.15) is 61.7 Å². The van der Waals surface area contributed by atoms with Crippen molar-refractivity contribution in [3.63, 3.8) is 0 Å². The van der Waals surface area contributed by atoms with Crippen LogP contribution in [0.5, 0.6) is 0 Å². The lowest BCUT2D eigenvalue weighted by molar-refractivity contribution is -0.130. The maximum atomic E-state index is 12.9. The molecule has 6 heteroatoms. The van der Waals surface area contributed by atoms with Gasteiger partial charge in [0.2, 0.25) is 5.91 Å². The van der Waals surface area contributed by atoms with E-state index in [1.54, 1.807) is 0 Å². The molecule has 1 saturated heterocycles. The van der Waals surface area contributed by atoms with Gasteiger partial charge in [0, 0.05) is 18.4 Å². The number of cyclic esters (lactones) is 1. The van der Waals surface area contributed by atoms with Gasteiger partial charge in [-0.3, -0.25) is 9.59 Å². The molecule has 0 bridgehead atoms. The summed E-state index contributed by atoms with van der Waals surface area (Å²) in [5, 5.41) is 0. The van der Waals surface area contributed by atoms with Crippen LogP contribution >= 0.6 is 0 Å². The number of amides is 2. The molecule has 1 saturated carbocycles. The van der Waals surface area contributed by atoms with Crippen molar-refractivity contribution in [1.29, 1.82) is 0 Å². The third-order valence-corrected chi connectivity index (χ3v) is 5.33. The molecule has 2 fully saturated rings. The summed E-state index contributed by atoms with van der Waals surface area (Å²) in [6.07, 6.45) is 5.62. The molecule has 1 aromatic carbocycles. The summed E-state index contributed by atoms with van der Waals surface area (Å²) in [4.78, 5) is 37.9. The van der Waals surface area contributed by atoms with Gasteiger partial charge >= 0.3 is 6.09 Å². The van der Waals surface area contributed by atoms with Gasteiger partial charge in [-0.15, -0.1) is 0 Å². The molecule has 0 radical (unpaired) electrons. The van der Waals surface area contributed by atoms with E-state index in [4.69, 9.17) is 4.74 Å². The molecule has 0 unspecified atom stereocenters. The Morgan fingerprint density at radius 2 is 1.77 bits per heavy atom. The van der Waals surface area contributed by atoms with E-state index >= 15 is 0 Å². The van der Waals surface area contributed by atoms with Crippen molar-refractivity contribution < 1.29 is 23.5 Å². The largest absolute Gasteiger partial charge is 0.447 e. The molecule has 0 N–H and O–H groups in total. The Bertz CT molecular complexity index is 667. The second-order valence-electron chi connectivity index (χ2n) is 7.09. The molecule has 5 nitrogen and oxygen atoms in total. The molecule has 1 aliphatic heterocycles. The molecule has 2 aliphatic rings. The highest BCUT2D eigenvalue weighted by molar-refractivity contribution is 5.97. The van der Waals surface area contributed by atoms with Crippen LogP contribution in [0.2, 0.25) is 0 Å². The highest BCUT2D eigenvalue weighted by Gasteiger charge is 2.42. The molecule has 0 spiro atoms. The number of benzene rings is 1. The van der Waals surface area contributed by atoms with Crippen LogP contribution in [-0.2, 0) is 9.53 Å². The Morgan fingerprint density at radius 1 is 1.08 bits per heavy atom. The van der Waals surface area contributed by atoms with Crippen LogP contribution in [0, 0.1) is 11.7 Å². The number of Topliss-reactive ketones (excluding diaryl/α,β-unsaturated/α-hetero) is 1. The van der Waals surface area contributed by atoms with Gasteiger partial charge in [-0.1, -0.05) is 19.3 Å². The number of hydrogen-bond acceptors (Lipinski definition) is 4. The molecule has 1 aromatic rings. The zero-order valence-corrected chi connectivity index (χ0v) is 14.8. The zero-order chi connectivity index (χ0) is 18.5. The number of carbonyl (C=O) groups excluding carboxylic acids is 3. The van der Waals surface area contributed by atoms with Gasteiger partial charge in [0.1, 0.15) is 12.4 Å². The van der Waals surface area contributed by atoms with Crippen molar-refractivity contribution in [2.24, 2.45) is 5.92 Å². The fourth-order valence-corrected chi connectivity index (χ4v) is 3.89. The van der Waals surface area contributed by atoms with E-state index < -0.39 is 11.9 Å². The number of rotatable bonds is 6. The number of halogens is 1. The third-order valence-electron chi connectivity index (χ3n) is 5.33. The molecule has 3 rings (SSSR count). The van der Waals surface area contributed by atoms with Crippen molar-refractivity contribution in [3.05, 3.63) is 35.6 Å². The Labute approximate surface area is 152 Å². The zero-order valence-electron chi connectivity index (χ0n) is 14.8. The van der Waals surface area contributed by atoms with Crippen LogP contribution in [0.4, 0.5) is 9.18 Å². The van der Waals surface area contributed by atoms with Crippen molar-refractivity contribution in [1.82, 2.24) is 4.90 Å². The van der Waals surface area contributed by atoms with Gasteiger partial charge in [-0.25, -0.2) is 14.1 Å². The van der Waals surface area contributed by atoms with Crippen LogP contribution in [0.25, 0.3) is 0 Å². The third kappa shape index (κ3) is 4.29. The van der Waals surface area contributed by atoms with Crippen LogP contribution < -0.4 is 0 Å². The average molecular weight is 361 g/mol. The Kier molecular flexibility index (Phi) is 6.01. The monoisotopic (exact) mass is 361 g/mol. The summed E-state index contributed by atoms with van der Waals surface area (Å²) in [5.74, 6) is -0.473. The molecule has 140 valence electrons. The quantitative estimate of drug-likeness (QED) is 0.716. The molecule has 0 aromatic heterocycles. The first-order valence-corrected chi connectivity index (χ1v) is 9.34. The van der Waals surface area contributed by atoms with E-state index in [1.807, 2.05) is 0 Å². The summed E-state index contributed by atoms with van der Waals surface area (Å²) in [6, 6.07) is 5.20. The first-order chi connectivity index (χ1) is 12.6. The van der Waals surface area contributed by atoms with Gasteiger partial charge < -0.3 is 4.74 Å². The first-order valence-electron chi connectivity index (χ1n) is 9.34. The summed E-state index contributed by atoms with van der Waals surface area (Å²) < 4.78 is 18.0. The Balaban J connectivity index is 1.52. The van der Waals surface area contributed by atoms with Gasteiger partial charge in [0.25, 0.3) is 0 Å². The van der Waals surface area contributed by atoms with Gasteiger partial charge in [0.15, 0.2) is 5.78 Å². The lowest BCUT2D eigenvalue weighted by Gasteiger charge is -2.30. The summed E-state index contributed by atoms with van der Waals surface area (Å²) in [5.41, 5.74) is 0.430. The van der Waals surface area contributed by atoms with E-state index in [0.29, 0.717) is 17.9 Å².